The molecule has 0 saturated heterocycles. The Balaban J connectivity index is 1.64. The molecule has 1 aliphatic rings. The van der Waals surface area contributed by atoms with Gasteiger partial charge in [-0.05, 0) is 35.7 Å². The van der Waals surface area contributed by atoms with Gasteiger partial charge in [-0.3, -0.25) is 0 Å². The van der Waals surface area contributed by atoms with Gasteiger partial charge in [-0.2, -0.15) is 0 Å². The van der Waals surface area contributed by atoms with Crippen LogP contribution >= 0.6 is 0 Å². The van der Waals surface area contributed by atoms with Gasteiger partial charge >= 0.3 is 0 Å². The van der Waals surface area contributed by atoms with Gasteiger partial charge in [0.1, 0.15) is 12.4 Å². The summed E-state index contributed by atoms with van der Waals surface area (Å²) in [6.45, 7) is 1.33. The molecule has 110 valence electrons. The molecule has 1 aliphatic heterocycles. The summed E-state index contributed by atoms with van der Waals surface area (Å²) in [4.78, 5) is 0. The van der Waals surface area contributed by atoms with Crippen molar-refractivity contribution in [2.24, 2.45) is 0 Å². The van der Waals surface area contributed by atoms with E-state index in [-0.39, 0.29) is 6.04 Å². The van der Waals surface area contributed by atoms with Crippen molar-refractivity contribution in [3.05, 3.63) is 53.6 Å². The van der Waals surface area contributed by atoms with Gasteiger partial charge in [-0.1, -0.05) is 24.3 Å². The molecule has 4 nitrogen and oxygen atoms in total. The van der Waals surface area contributed by atoms with Crippen LogP contribution in [-0.2, 0) is 13.0 Å². The summed E-state index contributed by atoms with van der Waals surface area (Å²) in [6, 6.07) is 13.5. The summed E-state index contributed by atoms with van der Waals surface area (Å²) < 4.78 is 11.2. The summed E-state index contributed by atoms with van der Waals surface area (Å²) >= 11 is 0. The molecule has 0 saturated carbocycles. The van der Waals surface area contributed by atoms with Crippen LogP contribution in [0.2, 0.25) is 0 Å². The lowest BCUT2D eigenvalue weighted by Crippen LogP contribution is -2.38. The van der Waals surface area contributed by atoms with Crippen LogP contribution in [0, 0.1) is 0 Å². The Morgan fingerprint density at radius 1 is 1.29 bits per heavy atom. The number of phenols is 1. The van der Waals surface area contributed by atoms with Gasteiger partial charge in [0.05, 0.1) is 7.11 Å². The van der Waals surface area contributed by atoms with E-state index in [1.54, 1.807) is 19.2 Å². The Labute approximate surface area is 124 Å². The van der Waals surface area contributed by atoms with E-state index in [1.807, 2.05) is 24.3 Å². The molecule has 2 aromatic carbocycles. The van der Waals surface area contributed by atoms with E-state index in [2.05, 4.69) is 11.4 Å². The van der Waals surface area contributed by atoms with Gasteiger partial charge < -0.3 is 19.9 Å². The Bertz CT molecular complexity index is 627. The second-order valence-electron chi connectivity index (χ2n) is 5.21. The molecule has 0 fully saturated rings. The van der Waals surface area contributed by atoms with Crippen LogP contribution in [0.5, 0.6) is 17.2 Å². The van der Waals surface area contributed by atoms with Crippen LogP contribution in [0.25, 0.3) is 0 Å². The Morgan fingerprint density at radius 3 is 2.95 bits per heavy atom. The van der Waals surface area contributed by atoms with Crippen molar-refractivity contribution >= 4 is 0 Å². The average Bonchev–Trinajstić information content (AvgIpc) is 2.52. The first kappa shape index (κ1) is 13.8. The molecule has 3 rings (SSSR count). The second-order valence-corrected chi connectivity index (χ2v) is 5.21. The van der Waals surface area contributed by atoms with Crippen LogP contribution in [0.1, 0.15) is 11.1 Å². The van der Waals surface area contributed by atoms with Gasteiger partial charge in [0, 0.05) is 12.6 Å². The first-order valence-corrected chi connectivity index (χ1v) is 7.06. The summed E-state index contributed by atoms with van der Waals surface area (Å²) in [5.74, 6) is 1.94. The van der Waals surface area contributed by atoms with Crippen LogP contribution < -0.4 is 14.8 Å². The van der Waals surface area contributed by atoms with Crippen molar-refractivity contribution in [3.8, 4) is 17.2 Å². The van der Waals surface area contributed by atoms with Gasteiger partial charge in [-0.15, -0.1) is 0 Å². The molecule has 0 aromatic heterocycles. The first-order chi connectivity index (χ1) is 10.3. The van der Waals surface area contributed by atoms with Crippen LogP contribution in [0.15, 0.2) is 42.5 Å². The Morgan fingerprint density at radius 2 is 2.14 bits per heavy atom. The number of ether oxygens (including phenoxy) is 2. The van der Waals surface area contributed by atoms with Crippen LogP contribution in [-0.4, -0.2) is 24.9 Å². The quantitative estimate of drug-likeness (QED) is 0.906. The number of benzene rings is 2. The van der Waals surface area contributed by atoms with Crippen LogP contribution in [0.3, 0.4) is 0 Å². The molecule has 0 amide bonds. The fourth-order valence-electron chi connectivity index (χ4n) is 2.61. The summed E-state index contributed by atoms with van der Waals surface area (Å²) in [7, 11) is 1.66. The summed E-state index contributed by atoms with van der Waals surface area (Å²) in [6.07, 6.45) is 0.908. The van der Waals surface area contributed by atoms with Crippen molar-refractivity contribution < 1.29 is 14.6 Å². The Kier molecular flexibility index (Phi) is 3.97. The molecule has 21 heavy (non-hydrogen) atoms. The minimum absolute atomic E-state index is 0.256. The lowest BCUT2D eigenvalue weighted by Gasteiger charge is -2.27. The first-order valence-electron chi connectivity index (χ1n) is 7.06. The number of para-hydroxylation sites is 1. The number of fused-ring (bicyclic) bond motifs is 1. The number of hydrogen-bond donors (Lipinski definition) is 2. The van der Waals surface area contributed by atoms with E-state index in [1.165, 1.54) is 0 Å². The van der Waals surface area contributed by atoms with Gasteiger partial charge in [0.15, 0.2) is 11.5 Å². The van der Waals surface area contributed by atoms with E-state index in [0.29, 0.717) is 18.9 Å². The fourth-order valence-corrected chi connectivity index (χ4v) is 2.61. The standard InChI is InChI=1S/C17H19NO3/c1-20-16-7-3-5-13-9-14(11-21-17(13)16)18-10-12-4-2-6-15(19)8-12/h2-8,14,18-19H,9-11H2,1H3/t14-/m0/s1. The molecule has 0 aliphatic carbocycles. The van der Waals surface area contributed by atoms with Crippen LogP contribution in [0.4, 0.5) is 0 Å². The molecule has 2 N–H and O–H groups in total. The number of nitrogens with one attached hydrogen (secondary N) is 1. The zero-order chi connectivity index (χ0) is 14.7. The monoisotopic (exact) mass is 285 g/mol. The second kappa shape index (κ2) is 6.06. The van der Waals surface area contributed by atoms with Gasteiger partial charge in [-0.25, -0.2) is 0 Å². The van der Waals surface area contributed by atoms with Gasteiger partial charge in [0.2, 0.25) is 0 Å². The van der Waals surface area contributed by atoms with E-state index in [0.717, 1.165) is 29.0 Å². The van der Waals surface area contributed by atoms with E-state index < -0.39 is 0 Å². The molecular weight excluding hydrogens is 266 g/mol. The molecule has 0 bridgehead atoms. The zero-order valence-corrected chi connectivity index (χ0v) is 12.0. The normalized spacial score (nSPS) is 16.9. The molecular formula is C17H19NO3. The maximum atomic E-state index is 9.47. The third-order valence-electron chi connectivity index (χ3n) is 3.68. The summed E-state index contributed by atoms with van der Waals surface area (Å²) in [5, 5.41) is 12.9. The predicted octanol–water partition coefficient (Wildman–Crippen LogP) is 2.49. The Hall–Kier alpha value is -2.20. The molecule has 1 heterocycles. The highest BCUT2D eigenvalue weighted by atomic mass is 16.5. The highest BCUT2D eigenvalue weighted by Crippen LogP contribution is 2.34. The van der Waals surface area contributed by atoms with E-state index in [4.69, 9.17) is 9.47 Å². The number of phenolic OH excluding ortho intramolecular Hbond substituents is 1. The van der Waals surface area contributed by atoms with Crippen molar-refractivity contribution in [2.75, 3.05) is 13.7 Å². The van der Waals surface area contributed by atoms with Crippen molar-refractivity contribution in [2.45, 2.75) is 19.0 Å². The van der Waals surface area contributed by atoms with Crippen molar-refractivity contribution in [1.82, 2.24) is 5.32 Å². The third-order valence-corrected chi connectivity index (χ3v) is 3.68. The molecule has 4 heteroatoms. The molecule has 0 spiro atoms. The van der Waals surface area contributed by atoms with E-state index >= 15 is 0 Å². The van der Waals surface area contributed by atoms with E-state index in [9.17, 15) is 5.11 Å². The maximum Gasteiger partial charge on any atom is 0.164 e. The van der Waals surface area contributed by atoms with Gasteiger partial charge in [0.25, 0.3) is 0 Å². The predicted molar refractivity (Wildman–Crippen MR) is 80.9 cm³/mol. The highest BCUT2D eigenvalue weighted by Gasteiger charge is 2.22. The number of rotatable bonds is 4. The maximum absolute atomic E-state index is 9.47. The van der Waals surface area contributed by atoms with Crippen molar-refractivity contribution in [1.29, 1.82) is 0 Å². The number of hydrogen-bond acceptors (Lipinski definition) is 4. The average molecular weight is 285 g/mol. The fraction of sp³-hybridized carbons (Fsp3) is 0.294. The SMILES string of the molecule is COc1cccc2c1OC[C@@H](NCc1cccc(O)c1)C2. The topological polar surface area (TPSA) is 50.7 Å². The molecule has 2 aromatic rings. The summed E-state index contributed by atoms with van der Waals surface area (Å²) in [5.41, 5.74) is 2.22. The van der Waals surface area contributed by atoms with Crippen molar-refractivity contribution in [3.63, 3.8) is 0 Å². The lowest BCUT2D eigenvalue weighted by molar-refractivity contribution is 0.226. The smallest absolute Gasteiger partial charge is 0.164 e. The highest BCUT2D eigenvalue weighted by molar-refractivity contribution is 5.48. The minimum atomic E-state index is 0.256. The zero-order valence-electron chi connectivity index (χ0n) is 12.0. The molecule has 0 unspecified atom stereocenters. The minimum Gasteiger partial charge on any atom is -0.508 e. The number of methoxy groups -OCH3 is 1. The molecule has 1 atom stereocenters. The number of aromatic hydroxyl groups is 1. The lowest BCUT2D eigenvalue weighted by atomic mass is 10.0. The molecule has 0 radical (unpaired) electrons. The largest absolute Gasteiger partial charge is 0.508 e. The third kappa shape index (κ3) is 3.11.